The van der Waals surface area contributed by atoms with E-state index >= 15 is 0 Å². The van der Waals surface area contributed by atoms with Crippen LogP contribution in [0, 0.1) is 5.41 Å². The van der Waals surface area contributed by atoms with E-state index < -0.39 is 0 Å². The first-order chi connectivity index (χ1) is 6.66. The third-order valence-electron chi connectivity index (χ3n) is 2.13. The van der Waals surface area contributed by atoms with Gasteiger partial charge in [-0.3, -0.25) is 5.41 Å². The van der Waals surface area contributed by atoms with Crippen LogP contribution in [0.5, 0.6) is 5.75 Å². The monoisotopic (exact) mass is 186 g/mol. The van der Waals surface area contributed by atoms with E-state index in [1.165, 1.54) is 0 Å². The van der Waals surface area contributed by atoms with Gasteiger partial charge in [-0.1, -0.05) is 18.2 Å². The van der Waals surface area contributed by atoms with Gasteiger partial charge in [-0.15, -0.1) is 0 Å². The molecule has 3 nitrogen and oxygen atoms in total. The molecule has 2 aromatic rings. The number of fused-ring (bicyclic) bond motifs is 1. The molecule has 0 heterocycles. The van der Waals surface area contributed by atoms with Crippen molar-refractivity contribution in [1.29, 1.82) is 5.41 Å². The van der Waals surface area contributed by atoms with Crippen LogP contribution in [-0.2, 0) is 0 Å². The molecule has 0 aliphatic carbocycles. The number of hydrogen-bond donors (Lipinski definition) is 3. The van der Waals surface area contributed by atoms with Gasteiger partial charge in [0, 0.05) is 5.56 Å². The molecule has 2 aromatic carbocycles. The average Bonchev–Trinajstić information content (AvgIpc) is 2.16. The van der Waals surface area contributed by atoms with E-state index in [0.717, 1.165) is 10.8 Å². The number of hydrogen-bond acceptors (Lipinski definition) is 2. The van der Waals surface area contributed by atoms with Crippen LogP contribution >= 0.6 is 0 Å². The first-order valence-electron chi connectivity index (χ1n) is 4.24. The second kappa shape index (κ2) is 3.03. The summed E-state index contributed by atoms with van der Waals surface area (Å²) in [6.45, 7) is 0. The van der Waals surface area contributed by atoms with Crippen molar-refractivity contribution in [2.24, 2.45) is 5.73 Å². The zero-order valence-corrected chi connectivity index (χ0v) is 7.49. The average molecular weight is 186 g/mol. The molecule has 0 saturated carbocycles. The van der Waals surface area contributed by atoms with Crippen molar-refractivity contribution in [2.75, 3.05) is 0 Å². The fourth-order valence-corrected chi connectivity index (χ4v) is 1.40. The Morgan fingerprint density at radius 2 is 1.71 bits per heavy atom. The summed E-state index contributed by atoms with van der Waals surface area (Å²) in [6, 6.07) is 10.5. The Balaban J connectivity index is 2.67. The minimum atomic E-state index is 0.0555. The Labute approximate surface area is 81.3 Å². The van der Waals surface area contributed by atoms with Crippen molar-refractivity contribution in [1.82, 2.24) is 0 Å². The topological polar surface area (TPSA) is 70.1 Å². The molecular formula is C11H10N2O. The van der Waals surface area contributed by atoms with E-state index in [4.69, 9.17) is 11.1 Å². The number of aromatic hydroxyl groups is 1. The van der Waals surface area contributed by atoms with Gasteiger partial charge in [-0.2, -0.15) is 0 Å². The molecule has 4 N–H and O–H groups in total. The van der Waals surface area contributed by atoms with Gasteiger partial charge in [0.2, 0.25) is 0 Å². The van der Waals surface area contributed by atoms with E-state index in [-0.39, 0.29) is 11.6 Å². The number of nitrogens with one attached hydrogen (secondary N) is 1. The molecule has 0 aliphatic heterocycles. The number of phenolic OH excluding ortho intramolecular Hbond substituents is 1. The molecule has 70 valence electrons. The summed E-state index contributed by atoms with van der Waals surface area (Å²) >= 11 is 0. The summed E-state index contributed by atoms with van der Waals surface area (Å²) in [7, 11) is 0. The van der Waals surface area contributed by atoms with Gasteiger partial charge in [0.25, 0.3) is 0 Å². The Bertz CT molecular complexity index is 506. The molecule has 14 heavy (non-hydrogen) atoms. The summed E-state index contributed by atoms with van der Waals surface area (Å²) in [5, 5.41) is 18.4. The predicted molar refractivity (Wildman–Crippen MR) is 56.6 cm³/mol. The van der Waals surface area contributed by atoms with Crippen LogP contribution in [0.3, 0.4) is 0 Å². The largest absolute Gasteiger partial charge is 0.508 e. The number of nitrogens with two attached hydrogens (primary N) is 1. The highest BCUT2D eigenvalue weighted by atomic mass is 16.3. The first-order valence-corrected chi connectivity index (χ1v) is 4.24. The molecule has 0 radical (unpaired) electrons. The number of phenols is 1. The Morgan fingerprint density at radius 3 is 2.43 bits per heavy atom. The zero-order valence-electron chi connectivity index (χ0n) is 7.49. The van der Waals surface area contributed by atoms with Crippen molar-refractivity contribution in [3.8, 4) is 5.75 Å². The predicted octanol–water partition coefficient (Wildman–Crippen LogP) is 1.83. The first kappa shape index (κ1) is 8.56. The van der Waals surface area contributed by atoms with Gasteiger partial charge in [0.05, 0.1) is 0 Å². The third-order valence-corrected chi connectivity index (χ3v) is 2.13. The van der Waals surface area contributed by atoms with E-state index in [9.17, 15) is 5.11 Å². The van der Waals surface area contributed by atoms with Gasteiger partial charge in [-0.05, 0) is 29.0 Å². The quantitative estimate of drug-likeness (QED) is 0.469. The third kappa shape index (κ3) is 1.40. The molecule has 0 atom stereocenters. The van der Waals surface area contributed by atoms with Gasteiger partial charge >= 0.3 is 0 Å². The van der Waals surface area contributed by atoms with E-state index in [1.807, 2.05) is 12.1 Å². The van der Waals surface area contributed by atoms with Crippen LogP contribution in [0.25, 0.3) is 10.8 Å². The molecule has 0 aromatic heterocycles. The molecule has 0 saturated heterocycles. The standard InChI is InChI=1S/C11H10N2O/c12-11(13)9-2-1-8-6-10(14)4-3-7(8)5-9/h1-6,14H,(H3,12,13). The van der Waals surface area contributed by atoms with E-state index in [2.05, 4.69) is 0 Å². The Hall–Kier alpha value is -2.03. The lowest BCUT2D eigenvalue weighted by Gasteiger charge is -2.02. The van der Waals surface area contributed by atoms with Crippen molar-refractivity contribution in [2.45, 2.75) is 0 Å². The lowest BCUT2D eigenvalue weighted by Crippen LogP contribution is -2.10. The van der Waals surface area contributed by atoms with Crippen LogP contribution < -0.4 is 5.73 Å². The number of nitrogen functional groups attached to an aromatic ring is 1. The molecule has 0 unspecified atom stereocenters. The summed E-state index contributed by atoms with van der Waals surface area (Å²) in [5.74, 6) is 0.299. The van der Waals surface area contributed by atoms with Crippen LogP contribution in [0.2, 0.25) is 0 Å². The van der Waals surface area contributed by atoms with Crippen LogP contribution in [0.15, 0.2) is 36.4 Å². The maximum atomic E-state index is 9.24. The molecule has 0 fully saturated rings. The SMILES string of the molecule is N=C(N)c1ccc2cc(O)ccc2c1. The van der Waals surface area contributed by atoms with Gasteiger partial charge in [0.1, 0.15) is 11.6 Å². The van der Waals surface area contributed by atoms with Crippen molar-refractivity contribution < 1.29 is 5.11 Å². The summed E-state index contributed by atoms with van der Waals surface area (Å²) < 4.78 is 0. The van der Waals surface area contributed by atoms with Crippen LogP contribution in [0.1, 0.15) is 5.56 Å². The highest BCUT2D eigenvalue weighted by molar-refractivity contribution is 5.99. The Kier molecular flexibility index (Phi) is 1.85. The molecule has 0 bridgehead atoms. The van der Waals surface area contributed by atoms with Gasteiger partial charge in [0.15, 0.2) is 0 Å². The summed E-state index contributed by atoms with van der Waals surface area (Å²) in [5.41, 5.74) is 6.07. The minimum absolute atomic E-state index is 0.0555. The van der Waals surface area contributed by atoms with E-state index in [1.54, 1.807) is 24.3 Å². The maximum absolute atomic E-state index is 9.24. The lowest BCUT2D eigenvalue weighted by molar-refractivity contribution is 0.476. The normalized spacial score (nSPS) is 10.3. The fourth-order valence-electron chi connectivity index (χ4n) is 1.40. The summed E-state index contributed by atoms with van der Waals surface area (Å²) in [4.78, 5) is 0. The van der Waals surface area contributed by atoms with Gasteiger partial charge in [-0.25, -0.2) is 0 Å². The van der Waals surface area contributed by atoms with Crippen LogP contribution in [-0.4, -0.2) is 10.9 Å². The number of rotatable bonds is 1. The van der Waals surface area contributed by atoms with Crippen molar-refractivity contribution >= 4 is 16.6 Å². The lowest BCUT2D eigenvalue weighted by atomic mass is 10.1. The molecule has 0 aliphatic rings. The highest BCUT2D eigenvalue weighted by Gasteiger charge is 1.99. The second-order valence-corrected chi connectivity index (χ2v) is 3.16. The van der Waals surface area contributed by atoms with Crippen molar-refractivity contribution in [3.05, 3.63) is 42.0 Å². The second-order valence-electron chi connectivity index (χ2n) is 3.16. The van der Waals surface area contributed by atoms with Gasteiger partial charge < -0.3 is 10.8 Å². The smallest absolute Gasteiger partial charge is 0.122 e. The summed E-state index contributed by atoms with van der Waals surface area (Å²) in [6.07, 6.45) is 0. The van der Waals surface area contributed by atoms with Crippen molar-refractivity contribution in [3.63, 3.8) is 0 Å². The maximum Gasteiger partial charge on any atom is 0.122 e. The molecule has 0 spiro atoms. The van der Waals surface area contributed by atoms with E-state index in [0.29, 0.717) is 5.56 Å². The minimum Gasteiger partial charge on any atom is -0.508 e. The number of amidine groups is 1. The molecule has 2 rings (SSSR count). The van der Waals surface area contributed by atoms with Crippen LogP contribution in [0.4, 0.5) is 0 Å². The molecular weight excluding hydrogens is 176 g/mol. The molecule has 0 amide bonds. The fraction of sp³-hybridized carbons (Fsp3) is 0. The zero-order chi connectivity index (χ0) is 10.1. The molecule has 3 heteroatoms. The highest BCUT2D eigenvalue weighted by Crippen LogP contribution is 2.20. The number of benzene rings is 2. The Morgan fingerprint density at radius 1 is 1.07 bits per heavy atom.